The Kier molecular flexibility index (Phi) is 2.33. The molecule has 13 heavy (non-hydrogen) atoms. The van der Waals surface area contributed by atoms with Crippen molar-refractivity contribution in [2.75, 3.05) is 0 Å². The Balaban J connectivity index is 3.26. The minimum atomic E-state index is -3.38. The van der Waals surface area contributed by atoms with Crippen LogP contribution >= 0.6 is 0 Å². The molecule has 0 spiro atoms. The van der Waals surface area contributed by atoms with Gasteiger partial charge in [0.15, 0.2) is 0 Å². The first-order valence-corrected chi connectivity index (χ1v) is 3.84. The lowest BCUT2D eigenvalue weighted by molar-refractivity contribution is 0.0606. The zero-order chi connectivity index (χ0) is 10.1. The predicted octanol–water partition coefficient (Wildman–Crippen LogP) is 2.92. The van der Waals surface area contributed by atoms with Gasteiger partial charge in [-0.05, 0) is 19.4 Å². The number of hydrogen-bond donors (Lipinski definition) is 0. The summed E-state index contributed by atoms with van der Waals surface area (Å²) in [5.41, 5.74) is 1.15. The molecule has 0 bridgehead atoms. The first-order valence-electron chi connectivity index (χ1n) is 3.84. The average Bonchev–Trinajstić information content (AvgIpc) is 2.03. The third kappa shape index (κ3) is 1.83. The highest BCUT2D eigenvalue weighted by molar-refractivity contribution is 5.36. The van der Waals surface area contributed by atoms with E-state index in [-0.39, 0.29) is 5.56 Å². The Hall–Kier alpha value is -1.43. The maximum absolute atomic E-state index is 12.9. The topological polar surface area (TPSA) is 23.8 Å². The van der Waals surface area contributed by atoms with Crippen molar-refractivity contribution in [3.8, 4) is 6.07 Å². The molecule has 0 atom stereocenters. The third-order valence-corrected chi connectivity index (χ3v) is 1.86. The van der Waals surface area contributed by atoms with Gasteiger partial charge in [0.05, 0.1) is 0 Å². The van der Waals surface area contributed by atoms with Gasteiger partial charge in [0.25, 0.3) is 0 Å². The molecule has 68 valence electrons. The van der Waals surface area contributed by atoms with Gasteiger partial charge < -0.3 is 0 Å². The second-order valence-electron chi connectivity index (χ2n) is 3.00. The molecule has 0 amide bonds. The van der Waals surface area contributed by atoms with Crippen molar-refractivity contribution in [3.05, 3.63) is 34.9 Å². The number of nitrogens with zero attached hydrogens (tertiary/aromatic N) is 1. The van der Waals surface area contributed by atoms with Gasteiger partial charge in [-0.2, -0.15) is 14.0 Å². The number of halogens is 2. The van der Waals surface area contributed by atoms with E-state index in [4.69, 9.17) is 5.26 Å². The molecule has 1 aromatic carbocycles. The molecule has 0 saturated carbocycles. The number of alkyl halides is 2. The maximum Gasteiger partial charge on any atom is 0.357 e. The van der Waals surface area contributed by atoms with E-state index in [0.717, 1.165) is 11.6 Å². The lowest BCUT2D eigenvalue weighted by atomic mass is 10.0. The molecule has 1 aromatic rings. The first-order chi connectivity index (χ1) is 5.97. The van der Waals surface area contributed by atoms with Crippen LogP contribution in [-0.2, 0) is 5.92 Å². The second kappa shape index (κ2) is 3.14. The van der Waals surface area contributed by atoms with Gasteiger partial charge in [0.2, 0.25) is 0 Å². The van der Waals surface area contributed by atoms with E-state index < -0.39 is 5.92 Å². The molecule has 3 heteroatoms. The Morgan fingerprint density at radius 3 is 2.38 bits per heavy atom. The van der Waals surface area contributed by atoms with Crippen LogP contribution in [0.1, 0.15) is 16.7 Å². The third-order valence-electron chi connectivity index (χ3n) is 1.86. The number of benzene rings is 1. The van der Waals surface area contributed by atoms with Gasteiger partial charge in [-0.25, -0.2) is 0 Å². The fourth-order valence-corrected chi connectivity index (χ4v) is 1.23. The number of nitriles is 1. The monoisotopic (exact) mass is 181 g/mol. The van der Waals surface area contributed by atoms with Crippen LogP contribution in [-0.4, -0.2) is 0 Å². The lowest BCUT2D eigenvalue weighted by Gasteiger charge is -2.11. The number of aryl methyl sites for hydroxylation is 2. The molecule has 0 aliphatic carbocycles. The fraction of sp³-hybridized carbons (Fsp3) is 0.300. The standard InChI is InChI=1S/C10H9F2N/c1-7-3-4-9(8(2)5-7)10(11,12)6-13/h3-5H,1-2H3. The molecule has 0 fully saturated rings. The molecule has 1 rings (SSSR count). The van der Waals surface area contributed by atoms with Gasteiger partial charge >= 0.3 is 5.92 Å². The van der Waals surface area contributed by atoms with Crippen LogP contribution in [0.4, 0.5) is 8.78 Å². The van der Waals surface area contributed by atoms with Gasteiger partial charge in [0, 0.05) is 5.56 Å². The minimum absolute atomic E-state index is 0.208. The zero-order valence-electron chi connectivity index (χ0n) is 7.44. The Morgan fingerprint density at radius 2 is 1.92 bits per heavy atom. The van der Waals surface area contributed by atoms with Gasteiger partial charge in [0.1, 0.15) is 6.07 Å². The van der Waals surface area contributed by atoms with Crippen molar-refractivity contribution in [1.82, 2.24) is 0 Å². The van der Waals surface area contributed by atoms with Crippen LogP contribution in [0.5, 0.6) is 0 Å². The fourth-order valence-electron chi connectivity index (χ4n) is 1.23. The molecule has 0 N–H and O–H groups in total. The largest absolute Gasteiger partial charge is 0.357 e. The van der Waals surface area contributed by atoms with Crippen molar-refractivity contribution >= 4 is 0 Å². The quantitative estimate of drug-likeness (QED) is 0.653. The summed E-state index contributed by atoms with van der Waals surface area (Å²) in [7, 11) is 0. The zero-order valence-corrected chi connectivity index (χ0v) is 7.44. The summed E-state index contributed by atoms with van der Waals surface area (Å²) in [5, 5.41) is 8.24. The highest BCUT2D eigenvalue weighted by Gasteiger charge is 2.32. The van der Waals surface area contributed by atoms with Crippen molar-refractivity contribution in [2.45, 2.75) is 19.8 Å². The normalized spacial score (nSPS) is 11.0. The molecule has 0 unspecified atom stereocenters. The van der Waals surface area contributed by atoms with E-state index in [0.29, 0.717) is 5.56 Å². The number of rotatable bonds is 1. The van der Waals surface area contributed by atoms with Crippen LogP contribution in [0.3, 0.4) is 0 Å². The minimum Gasteiger partial charge on any atom is -0.191 e. The SMILES string of the molecule is Cc1ccc(C(F)(F)C#N)c(C)c1. The van der Waals surface area contributed by atoms with Crippen LogP contribution < -0.4 is 0 Å². The van der Waals surface area contributed by atoms with E-state index >= 15 is 0 Å². The first kappa shape index (κ1) is 9.66. The van der Waals surface area contributed by atoms with Crippen molar-refractivity contribution < 1.29 is 8.78 Å². The van der Waals surface area contributed by atoms with E-state index in [1.165, 1.54) is 6.07 Å². The summed E-state index contributed by atoms with van der Waals surface area (Å²) in [5.74, 6) is -3.38. The predicted molar refractivity (Wildman–Crippen MR) is 45.4 cm³/mol. The van der Waals surface area contributed by atoms with Gasteiger partial charge in [-0.15, -0.1) is 0 Å². The second-order valence-corrected chi connectivity index (χ2v) is 3.00. The molecular weight excluding hydrogens is 172 g/mol. The Morgan fingerprint density at radius 1 is 1.31 bits per heavy atom. The molecule has 0 aliphatic heterocycles. The summed E-state index contributed by atoms with van der Waals surface area (Å²) < 4.78 is 25.8. The maximum atomic E-state index is 12.9. The lowest BCUT2D eigenvalue weighted by Crippen LogP contribution is -2.11. The smallest absolute Gasteiger partial charge is 0.191 e. The summed E-state index contributed by atoms with van der Waals surface area (Å²) in [4.78, 5) is 0. The molecule has 0 aliphatic rings. The highest BCUT2D eigenvalue weighted by atomic mass is 19.3. The molecule has 0 heterocycles. The van der Waals surface area contributed by atoms with Crippen molar-refractivity contribution in [1.29, 1.82) is 5.26 Å². The van der Waals surface area contributed by atoms with E-state index in [1.807, 2.05) is 6.92 Å². The van der Waals surface area contributed by atoms with Crippen molar-refractivity contribution in [3.63, 3.8) is 0 Å². The molecular formula is C10H9F2N. The van der Waals surface area contributed by atoms with E-state index in [1.54, 1.807) is 19.1 Å². The molecule has 1 nitrogen and oxygen atoms in total. The van der Waals surface area contributed by atoms with Crippen LogP contribution in [0.25, 0.3) is 0 Å². The van der Waals surface area contributed by atoms with Gasteiger partial charge in [-0.1, -0.05) is 23.8 Å². The van der Waals surface area contributed by atoms with E-state index in [9.17, 15) is 8.78 Å². The van der Waals surface area contributed by atoms with Gasteiger partial charge in [-0.3, -0.25) is 0 Å². The highest BCUT2D eigenvalue weighted by Crippen LogP contribution is 2.29. The van der Waals surface area contributed by atoms with Crippen LogP contribution in [0, 0.1) is 25.2 Å². The number of hydrogen-bond acceptors (Lipinski definition) is 1. The summed E-state index contributed by atoms with van der Waals surface area (Å²) in [6.07, 6.45) is 0. The Bertz CT molecular complexity index is 364. The summed E-state index contributed by atoms with van der Waals surface area (Å²) >= 11 is 0. The Labute approximate surface area is 75.6 Å². The van der Waals surface area contributed by atoms with Crippen LogP contribution in [0.2, 0.25) is 0 Å². The van der Waals surface area contributed by atoms with Crippen LogP contribution in [0.15, 0.2) is 18.2 Å². The molecule has 0 aromatic heterocycles. The van der Waals surface area contributed by atoms with E-state index in [2.05, 4.69) is 0 Å². The molecule has 0 radical (unpaired) electrons. The molecule has 0 saturated heterocycles. The van der Waals surface area contributed by atoms with Crippen molar-refractivity contribution in [2.24, 2.45) is 0 Å². The summed E-state index contributed by atoms with van der Waals surface area (Å²) in [6.45, 7) is 3.40. The summed E-state index contributed by atoms with van der Waals surface area (Å²) in [6, 6.07) is 5.50. The average molecular weight is 181 g/mol.